The first-order chi connectivity index (χ1) is 7.00. The molecule has 1 aromatic heterocycles. The Hall–Kier alpha value is -1.89. The molecular formula is C8H8N2O4S. The third-order valence-corrected chi connectivity index (χ3v) is 2.18. The summed E-state index contributed by atoms with van der Waals surface area (Å²) in [7, 11) is 0. The van der Waals surface area contributed by atoms with Crippen LogP contribution in [0.1, 0.15) is 12.1 Å². The van der Waals surface area contributed by atoms with Crippen molar-refractivity contribution in [3.05, 3.63) is 17.2 Å². The van der Waals surface area contributed by atoms with Gasteiger partial charge in [0.15, 0.2) is 5.13 Å². The van der Waals surface area contributed by atoms with Gasteiger partial charge in [-0.2, -0.15) is 0 Å². The lowest BCUT2D eigenvalue weighted by molar-refractivity contribution is -0.136. The first-order valence-electron chi connectivity index (χ1n) is 3.87. The van der Waals surface area contributed by atoms with E-state index in [9.17, 15) is 9.59 Å². The van der Waals surface area contributed by atoms with Crippen molar-refractivity contribution in [3.8, 4) is 0 Å². The normalized spacial score (nSPS) is 11.3. The molecule has 0 atom stereocenters. The van der Waals surface area contributed by atoms with Crippen LogP contribution in [-0.4, -0.2) is 27.1 Å². The van der Waals surface area contributed by atoms with Crippen LogP contribution in [0.3, 0.4) is 0 Å². The number of thiazole rings is 1. The van der Waals surface area contributed by atoms with E-state index in [-0.39, 0.29) is 22.8 Å². The topological polar surface area (TPSA) is 114 Å². The van der Waals surface area contributed by atoms with Crippen LogP contribution >= 0.6 is 11.3 Å². The van der Waals surface area contributed by atoms with Crippen molar-refractivity contribution in [2.45, 2.75) is 6.42 Å². The van der Waals surface area contributed by atoms with Gasteiger partial charge < -0.3 is 15.9 Å². The maximum absolute atomic E-state index is 10.8. The first-order valence-corrected chi connectivity index (χ1v) is 4.75. The van der Waals surface area contributed by atoms with E-state index in [0.717, 1.165) is 17.4 Å². The number of nitrogens with zero attached hydrogens (tertiary/aromatic N) is 1. The number of carboxylic acids is 2. The zero-order valence-corrected chi connectivity index (χ0v) is 8.32. The number of aliphatic carboxylic acids is 2. The number of rotatable bonds is 4. The van der Waals surface area contributed by atoms with E-state index in [1.807, 2.05) is 0 Å². The number of hydrogen-bond acceptors (Lipinski definition) is 5. The Morgan fingerprint density at radius 1 is 1.53 bits per heavy atom. The Kier molecular flexibility index (Phi) is 3.40. The molecule has 7 heteroatoms. The predicted molar refractivity (Wildman–Crippen MR) is 54.4 cm³/mol. The number of nitrogen functional groups attached to an aromatic ring is 1. The van der Waals surface area contributed by atoms with Crippen molar-refractivity contribution >= 4 is 34.0 Å². The van der Waals surface area contributed by atoms with E-state index in [2.05, 4.69) is 4.98 Å². The predicted octanol–water partition coefficient (Wildman–Crippen LogP) is 0.668. The van der Waals surface area contributed by atoms with Gasteiger partial charge in [-0.3, -0.25) is 4.79 Å². The van der Waals surface area contributed by atoms with Gasteiger partial charge in [0.1, 0.15) is 0 Å². The van der Waals surface area contributed by atoms with Crippen LogP contribution in [0.25, 0.3) is 5.57 Å². The summed E-state index contributed by atoms with van der Waals surface area (Å²) in [4.78, 5) is 24.8. The highest BCUT2D eigenvalue weighted by atomic mass is 32.1. The van der Waals surface area contributed by atoms with Crippen LogP contribution < -0.4 is 5.73 Å². The maximum atomic E-state index is 10.8. The number of aromatic nitrogens is 1. The van der Waals surface area contributed by atoms with Crippen LogP contribution in [-0.2, 0) is 9.59 Å². The van der Waals surface area contributed by atoms with Crippen molar-refractivity contribution in [2.75, 3.05) is 5.73 Å². The molecule has 1 heterocycles. The summed E-state index contributed by atoms with van der Waals surface area (Å²) in [6, 6.07) is 0. The Morgan fingerprint density at radius 3 is 2.60 bits per heavy atom. The van der Waals surface area contributed by atoms with Crippen LogP contribution in [0.15, 0.2) is 11.5 Å². The minimum Gasteiger partial charge on any atom is -0.481 e. The lowest BCUT2D eigenvalue weighted by atomic mass is 10.2. The summed E-state index contributed by atoms with van der Waals surface area (Å²) < 4.78 is 0. The van der Waals surface area contributed by atoms with Gasteiger partial charge in [-0.05, 0) is 0 Å². The number of carboxylic acid groups (broad SMARTS) is 2. The summed E-state index contributed by atoms with van der Waals surface area (Å²) in [5.74, 6) is -2.32. The van der Waals surface area contributed by atoms with Crippen LogP contribution in [0.4, 0.5) is 5.13 Å². The summed E-state index contributed by atoms with van der Waals surface area (Å²) in [5.41, 5.74) is 5.38. The minimum absolute atomic E-state index is 0.148. The number of carbonyl (C=O) groups is 2. The SMILES string of the molecule is Nc1nc(C(=CCC(=O)O)C(=O)O)cs1. The second kappa shape index (κ2) is 4.56. The van der Waals surface area contributed by atoms with Crippen molar-refractivity contribution in [3.63, 3.8) is 0 Å². The molecular weight excluding hydrogens is 220 g/mol. The fraction of sp³-hybridized carbons (Fsp3) is 0.125. The number of anilines is 1. The van der Waals surface area contributed by atoms with Crippen molar-refractivity contribution < 1.29 is 19.8 Å². The summed E-state index contributed by atoms with van der Waals surface area (Å²) in [6.45, 7) is 0. The van der Waals surface area contributed by atoms with Crippen molar-refractivity contribution in [1.29, 1.82) is 0 Å². The van der Waals surface area contributed by atoms with Gasteiger partial charge in [0.05, 0.1) is 17.7 Å². The molecule has 0 saturated heterocycles. The van der Waals surface area contributed by atoms with Crippen molar-refractivity contribution in [2.24, 2.45) is 0 Å². The van der Waals surface area contributed by atoms with E-state index in [1.165, 1.54) is 5.38 Å². The van der Waals surface area contributed by atoms with E-state index in [4.69, 9.17) is 15.9 Å². The molecule has 0 aliphatic rings. The minimum atomic E-state index is -1.22. The zero-order valence-electron chi connectivity index (χ0n) is 7.51. The fourth-order valence-corrected chi connectivity index (χ4v) is 1.47. The van der Waals surface area contributed by atoms with Crippen LogP contribution in [0.5, 0.6) is 0 Å². The second-order valence-corrected chi connectivity index (χ2v) is 3.48. The molecule has 1 aromatic rings. The second-order valence-electron chi connectivity index (χ2n) is 2.59. The van der Waals surface area contributed by atoms with Gasteiger partial charge in [-0.15, -0.1) is 11.3 Å². The molecule has 4 N–H and O–H groups in total. The van der Waals surface area contributed by atoms with Crippen molar-refractivity contribution in [1.82, 2.24) is 4.98 Å². The Labute approximate surface area is 88.7 Å². The van der Waals surface area contributed by atoms with Crippen LogP contribution in [0, 0.1) is 0 Å². The standard InChI is InChI=1S/C8H8N2O4S/c9-8-10-5(3-15-8)4(7(13)14)1-2-6(11)12/h1,3H,2H2,(H2,9,10)(H,11,12)(H,13,14). The lowest BCUT2D eigenvalue weighted by Gasteiger charge is -1.96. The quantitative estimate of drug-likeness (QED) is 0.652. The van der Waals surface area contributed by atoms with Gasteiger partial charge in [0, 0.05) is 5.38 Å². The highest BCUT2D eigenvalue weighted by Crippen LogP contribution is 2.19. The molecule has 0 saturated carbocycles. The molecule has 80 valence electrons. The Balaban J connectivity index is 2.98. The third-order valence-electron chi connectivity index (χ3n) is 1.51. The van der Waals surface area contributed by atoms with E-state index < -0.39 is 11.9 Å². The molecule has 0 aliphatic carbocycles. The van der Waals surface area contributed by atoms with Gasteiger partial charge >= 0.3 is 11.9 Å². The molecule has 0 fully saturated rings. The number of hydrogen-bond donors (Lipinski definition) is 3. The average molecular weight is 228 g/mol. The lowest BCUT2D eigenvalue weighted by Crippen LogP contribution is -2.02. The highest BCUT2D eigenvalue weighted by Gasteiger charge is 2.13. The summed E-state index contributed by atoms with van der Waals surface area (Å²) >= 11 is 1.10. The molecule has 1 rings (SSSR count). The third kappa shape index (κ3) is 3.06. The van der Waals surface area contributed by atoms with E-state index in [1.54, 1.807) is 0 Å². The Bertz CT molecular complexity index is 424. The fourth-order valence-electron chi connectivity index (χ4n) is 0.902. The molecule has 6 nitrogen and oxygen atoms in total. The monoisotopic (exact) mass is 228 g/mol. The largest absolute Gasteiger partial charge is 0.481 e. The molecule has 0 radical (unpaired) electrons. The van der Waals surface area contributed by atoms with E-state index in [0.29, 0.717) is 0 Å². The Morgan fingerprint density at radius 2 is 2.20 bits per heavy atom. The smallest absolute Gasteiger partial charge is 0.337 e. The van der Waals surface area contributed by atoms with Gasteiger partial charge in [0.2, 0.25) is 0 Å². The molecule has 0 aromatic carbocycles. The summed E-state index contributed by atoms with van der Waals surface area (Å²) in [5, 5.41) is 18.9. The first kappa shape index (κ1) is 11.2. The maximum Gasteiger partial charge on any atom is 0.337 e. The molecule has 0 unspecified atom stereocenters. The average Bonchev–Trinajstić information content (AvgIpc) is 2.51. The van der Waals surface area contributed by atoms with Crippen LogP contribution in [0.2, 0.25) is 0 Å². The molecule has 0 amide bonds. The molecule has 0 spiro atoms. The number of nitrogens with two attached hydrogens (primary N) is 1. The molecule has 15 heavy (non-hydrogen) atoms. The zero-order chi connectivity index (χ0) is 11.4. The molecule has 0 bridgehead atoms. The highest BCUT2D eigenvalue weighted by molar-refractivity contribution is 7.13. The molecule has 0 aliphatic heterocycles. The van der Waals surface area contributed by atoms with E-state index >= 15 is 0 Å². The summed E-state index contributed by atoms with van der Waals surface area (Å²) in [6.07, 6.45) is 0.734. The van der Waals surface area contributed by atoms with Gasteiger partial charge in [-0.1, -0.05) is 6.08 Å². The van der Waals surface area contributed by atoms with Gasteiger partial charge in [-0.25, -0.2) is 9.78 Å². The van der Waals surface area contributed by atoms with Gasteiger partial charge in [0.25, 0.3) is 0 Å².